The first kappa shape index (κ1) is 13.7. The molecule has 0 aliphatic carbocycles. The Morgan fingerprint density at radius 1 is 1.36 bits per heavy atom. The van der Waals surface area contributed by atoms with E-state index in [1.165, 1.54) is 4.90 Å². The first-order valence-electron chi connectivity index (χ1n) is 4.09. The highest BCUT2D eigenvalue weighted by Crippen LogP contribution is 2.03. The highest BCUT2D eigenvalue weighted by Gasteiger charge is 2.22. The van der Waals surface area contributed by atoms with Gasteiger partial charge in [0.2, 0.25) is 15.9 Å². The largest absolute Gasteiger partial charge is 0.348 e. The van der Waals surface area contributed by atoms with Gasteiger partial charge in [0.25, 0.3) is 0 Å². The zero-order chi connectivity index (χ0) is 11.4. The van der Waals surface area contributed by atoms with E-state index in [4.69, 9.17) is 11.6 Å². The lowest BCUT2D eigenvalue weighted by Crippen LogP contribution is -2.40. The van der Waals surface area contributed by atoms with E-state index >= 15 is 0 Å². The van der Waals surface area contributed by atoms with Crippen molar-refractivity contribution in [3.63, 3.8) is 0 Å². The maximum absolute atomic E-state index is 11.3. The zero-order valence-corrected chi connectivity index (χ0v) is 10.1. The molecule has 0 aromatic heterocycles. The van der Waals surface area contributed by atoms with Crippen LogP contribution in [0.4, 0.5) is 0 Å². The van der Waals surface area contributed by atoms with Gasteiger partial charge in [-0.15, -0.1) is 11.6 Å². The number of likely N-dealkylation sites (N-methyl/N-ethyl adjacent to an activating group) is 2. The molecule has 0 heterocycles. The first-order valence-corrected chi connectivity index (χ1v) is 6.23. The van der Waals surface area contributed by atoms with E-state index < -0.39 is 15.2 Å². The van der Waals surface area contributed by atoms with Crippen LogP contribution in [0.25, 0.3) is 0 Å². The standard InChI is InChI=1S/C7H15ClN2O3S/c1-4-10(14(12,13)6-8)5-7(11)9(2)3/h4-6H2,1-3H3. The molecule has 0 saturated carbocycles. The Morgan fingerprint density at radius 3 is 2.14 bits per heavy atom. The molecule has 0 aliphatic heterocycles. The van der Waals surface area contributed by atoms with Gasteiger partial charge in [-0.3, -0.25) is 4.79 Å². The fourth-order valence-electron chi connectivity index (χ4n) is 0.768. The number of carbonyl (C=O) groups is 1. The molecular formula is C7H15ClN2O3S. The summed E-state index contributed by atoms with van der Waals surface area (Å²) in [6, 6.07) is 0. The monoisotopic (exact) mass is 242 g/mol. The van der Waals surface area contributed by atoms with Gasteiger partial charge in [-0.1, -0.05) is 6.92 Å². The molecular weight excluding hydrogens is 228 g/mol. The van der Waals surface area contributed by atoms with E-state index in [-0.39, 0.29) is 19.0 Å². The van der Waals surface area contributed by atoms with Crippen LogP contribution in [0.3, 0.4) is 0 Å². The number of hydrogen-bond acceptors (Lipinski definition) is 3. The van der Waals surface area contributed by atoms with Crippen LogP contribution < -0.4 is 0 Å². The van der Waals surface area contributed by atoms with Crippen LogP contribution >= 0.6 is 11.6 Å². The minimum Gasteiger partial charge on any atom is -0.348 e. The average molecular weight is 243 g/mol. The van der Waals surface area contributed by atoms with Crippen molar-refractivity contribution < 1.29 is 13.2 Å². The molecule has 0 aliphatic rings. The van der Waals surface area contributed by atoms with Crippen molar-refractivity contribution in [2.45, 2.75) is 6.92 Å². The number of sulfonamides is 1. The van der Waals surface area contributed by atoms with E-state index in [0.29, 0.717) is 0 Å². The topological polar surface area (TPSA) is 57.7 Å². The van der Waals surface area contributed by atoms with Crippen LogP contribution in [0.5, 0.6) is 0 Å². The molecule has 0 aromatic rings. The molecule has 7 heteroatoms. The van der Waals surface area contributed by atoms with E-state index in [9.17, 15) is 13.2 Å². The number of halogens is 1. The zero-order valence-electron chi connectivity index (χ0n) is 8.53. The van der Waals surface area contributed by atoms with Crippen molar-refractivity contribution in [1.29, 1.82) is 0 Å². The third-order valence-electron chi connectivity index (χ3n) is 1.69. The Bertz CT molecular complexity index is 289. The van der Waals surface area contributed by atoms with Gasteiger partial charge in [0.05, 0.1) is 6.54 Å². The van der Waals surface area contributed by atoms with E-state index in [0.717, 1.165) is 4.31 Å². The van der Waals surface area contributed by atoms with Crippen LogP contribution in [0.2, 0.25) is 0 Å². The smallest absolute Gasteiger partial charge is 0.237 e. The van der Waals surface area contributed by atoms with Gasteiger partial charge < -0.3 is 4.90 Å². The van der Waals surface area contributed by atoms with Crippen LogP contribution in [0.15, 0.2) is 0 Å². The second-order valence-corrected chi connectivity index (χ2v) is 5.49. The van der Waals surface area contributed by atoms with Crippen LogP contribution in [0, 0.1) is 0 Å². The van der Waals surface area contributed by atoms with Crippen molar-refractivity contribution in [2.75, 3.05) is 32.4 Å². The van der Waals surface area contributed by atoms with Gasteiger partial charge in [-0.05, 0) is 0 Å². The summed E-state index contributed by atoms with van der Waals surface area (Å²) in [6.07, 6.45) is 0. The van der Waals surface area contributed by atoms with Crippen molar-refractivity contribution in [2.24, 2.45) is 0 Å². The summed E-state index contributed by atoms with van der Waals surface area (Å²) in [4.78, 5) is 12.6. The minimum absolute atomic E-state index is 0.154. The quantitative estimate of drug-likeness (QED) is 0.634. The van der Waals surface area contributed by atoms with Gasteiger partial charge in [-0.2, -0.15) is 4.31 Å². The Morgan fingerprint density at radius 2 is 1.86 bits per heavy atom. The summed E-state index contributed by atoms with van der Waals surface area (Å²) in [5, 5.41) is -0.498. The Balaban J connectivity index is 4.54. The van der Waals surface area contributed by atoms with Crippen LogP contribution in [-0.2, 0) is 14.8 Å². The second kappa shape index (κ2) is 5.53. The Kier molecular flexibility index (Phi) is 5.40. The number of nitrogens with zero attached hydrogens (tertiary/aromatic N) is 2. The van der Waals surface area contributed by atoms with Gasteiger partial charge in [0.1, 0.15) is 5.21 Å². The van der Waals surface area contributed by atoms with Gasteiger partial charge >= 0.3 is 0 Å². The summed E-state index contributed by atoms with van der Waals surface area (Å²) < 4.78 is 23.7. The molecule has 1 amide bonds. The van der Waals surface area contributed by atoms with Crippen molar-refractivity contribution in [3.05, 3.63) is 0 Å². The third-order valence-corrected chi connectivity index (χ3v) is 3.97. The molecule has 14 heavy (non-hydrogen) atoms. The maximum Gasteiger partial charge on any atom is 0.237 e. The molecule has 0 N–H and O–H groups in total. The molecule has 0 radical (unpaired) electrons. The lowest BCUT2D eigenvalue weighted by atomic mass is 10.5. The minimum atomic E-state index is -3.49. The predicted octanol–water partition coefficient (Wildman–Crippen LogP) is -0.0774. The lowest BCUT2D eigenvalue weighted by molar-refractivity contribution is -0.128. The highest BCUT2D eigenvalue weighted by atomic mass is 35.5. The normalized spacial score (nSPS) is 11.8. The Hall–Kier alpha value is -0.330. The summed E-state index contributed by atoms with van der Waals surface area (Å²) in [5.41, 5.74) is 0. The number of rotatable bonds is 5. The van der Waals surface area contributed by atoms with E-state index in [2.05, 4.69) is 0 Å². The van der Waals surface area contributed by atoms with Crippen LogP contribution in [0.1, 0.15) is 6.92 Å². The molecule has 0 atom stereocenters. The Labute approximate surface area is 89.7 Å². The summed E-state index contributed by atoms with van der Waals surface area (Å²) in [7, 11) is -0.342. The third kappa shape index (κ3) is 3.81. The molecule has 0 spiro atoms. The fraction of sp³-hybridized carbons (Fsp3) is 0.857. The number of carbonyl (C=O) groups excluding carboxylic acids is 1. The number of alkyl halides is 1. The lowest BCUT2D eigenvalue weighted by Gasteiger charge is -2.20. The molecule has 0 rings (SSSR count). The summed E-state index contributed by atoms with van der Waals surface area (Å²) in [6.45, 7) is 1.75. The first-order chi connectivity index (χ1) is 6.35. The van der Waals surface area contributed by atoms with E-state index in [1.807, 2.05) is 0 Å². The predicted molar refractivity (Wildman–Crippen MR) is 55.6 cm³/mol. The fourth-order valence-corrected chi connectivity index (χ4v) is 2.02. The molecule has 0 bridgehead atoms. The van der Waals surface area contributed by atoms with E-state index in [1.54, 1.807) is 21.0 Å². The highest BCUT2D eigenvalue weighted by molar-refractivity contribution is 7.90. The van der Waals surface area contributed by atoms with Gasteiger partial charge in [0.15, 0.2) is 0 Å². The molecule has 84 valence electrons. The molecule has 5 nitrogen and oxygen atoms in total. The second-order valence-electron chi connectivity index (χ2n) is 2.94. The summed E-state index contributed by atoms with van der Waals surface area (Å²) >= 11 is 5.28. The average Bonchev–Trinajstić information content (AvgIpc) is 2.13. The molecule has 0 aromatic carbocycles. The van der Waals surface area contributed by atoms with Gasteiger partial charge in [0, 0.05) is 20.6 Å². The molecule has 0 fully saturated rings. The van der Waals surface area contributed by atoms with Crippen molar-refractivity contribution >= 4 is 27.5 Å². The number of amides is 1. The summed E-state index contributed by atoms with van der Waals surface area (Å²) in [5.74, 6) is -0.263. The van der Waals surface area contributed by atoms with Crippen LogP contribution in [-0.4, -0.2) is 55.9 Å². The SMILES string of the molecule is CCN(CC(=O)N(C)C)S(=O)(=O)CCl. The van der Waals surface area contributed by atoms with Crippen molar-refractivity contribution in [1.82, 2.24) is 9.21 Å². The maximum atomic E-state index is 11.3. The van der Waals surface area contributed by atoms with Crippen molar-refractivity contribution in [3.8, 4) is 0 Å². The molecule has 0 unspecified atom stereocenters. The number of hydrogen-bond donors (Lipinski definition) is 0. The molecule has 0 saturated heterocycles. The van der Waals surface area contributed by atoms with Gasteiger partial charge in [-0.25, -0.2) is 8.42 Å².